The molecule has 1 atom stereocenters. The second-order valence-corrected chi connectivity index (χ2v) is 4.82. The van der Waals surface area contributed by atoms with Gasteiger partial charge in [-0.3, -0.25) is 4.90 Å². The first-order valence-corrected chi connectivity index (χ1v) is 5.67. The maximum absolute atomic E-state index is 11.6. The van der Waals surface area contributed by atoms with Crippen LogP contribution in [0.25, 0.3) is 0 Å². The van der Waals surface area contributed by atoms with E-state index in [1.807, 2.05) is 31.2 Å². The molecule has 1 fully saturated rings. The largest absolute Gasteiger partial charge is 0.439 e. The van der Waals surface area contributed by atoms with Gasteiger partial charge in [0.2, 0.25) is 0 Å². The van der Waals surface area contributed by atoms with Gasteiger partial charge in [0.1, 0.15) is 0 Å². The van der Waals surface area contributed by atoms with Crippen LogP contribution in [-0.2, 0) is 11.3 Å². The number of ether oxygens (including phenoxy) is 1. The third kappa shape index (κ3) is 2.58. The molecule has 0 bridgehead atoms. The highest BCUT2D eigenvalue weighted by atomic mass is 16.6. The lowest BCUT2D eigenvalue weighted by molar-refractivity contribution is 0.0219. The summed E-state index contributed by atoms with van der Waals surface area (Å²) in [4.78, 5) is 13.2. The Kier molecular flexibility index (Phi) is 3.07. The van der Waals surface area contributed by atoms with Crippen molar-refractivity contribution in [2.75, 3.05) is 13.2 Å². The molecular weight excluding hydrogens is 218 g/mol. The average Bonchev–Trinajstić information content (AvgIpc) is 2.55. The van der Waals surface area contributed by atoms with Crippen molar-refractivity contribution in [3.63, 3.8) is 0 Å². The van der Waals surface area contributed by atoms with Crippen LogP contribution in [0.5, 0.6) is 0 Å². The van der Waals surface area contributed by atoms with Gasteiger partial charge in [0, 0.05) is 6.54 Å². The summed E-state index contributed by atoms with van der Waals surface area (Å²) in [7, 11) is 0. The van der Waals surface area contributed by atoms with E-state index in [1.54, 1.807) is 11.8 Å². The fourth-order valence-electron chi connectivity index (χ4n) is 2.01. The Balaban J connectivity index is 2.08. The predicted octanol–water partition coefficient (Wildman–Crippen LogP) is 1.70. The van der Waals surface area contributed by atoms with Crippen LogP contribution >= 0.6 is 0 Å². The number of aryl methyl sites for hydroxylation is 1. The van der Waals surface area contributed by atoms with Crippen molar-refractivity contribution in [3.8, 4) is 0 Å². The van der Waals surface area contributed by atoms with Crippen LogP contribution < -0.4 is 0 Å². The number of carbonyl (C=O) groups excluding carboxylic acids is 1. The summed E-state index contributed by atoms with van der Waals surface area (Å²) < 4.78 is 5.15. The molecule has 1 aliphatic heterocycles. The Labute approximate surface area is 101 Å². The van der Waals surface area contributed by atoms with Crippen molar-refractivity contribution >= 4 is 6.09 Å². The minimum Gasteiger partial charge on any atom is -0.439 e. The molecule has 1 saturated heterocycles. The molecule has 0 radical (unpaired) electrons. The van der Waals surface area contributed by atoms with Crippen molar-refractivity contribution in [1.29, 1.82) is 0 Å². The number of hydrogen-bond donors (Lipinski definition) is 1. The molecule has 0 saturated carbocycles. The number of amides is 1. The maximum atomic E-state index is 11.6. The van der Waals surface area contributed by atoms with Crippen molar-refractivity contribution in [1.82, 2.24) is 4.90 Å². The summed E-state index contributed by atoms with van der Waals surface area (Å²) in [5.74, 6) is 0. The van der Waals surface area contributed by atoms with E-state index in [2.05, 4.69) is 0 Å². The van der Waals surface area contributed by atoms with E-state index in [1.165, 1.54) is 5.56 Å². The Morgan fingerprint density at radius 1 is 1.53 bits per heavy atom. The second kappa shape index (κ2) is 4.37. The average molecular weight is 235 g/mol. The molecule has 1 heterocycles. The number of aliphatic hydroxyl groups is 1. The Hall–Kier alpha value is -1.55. The van der Waals surface area contributed by atoms with Crippen LogP contribution in [0.1, 0.15) is 18.1 Å². The summed E-state index contributed by atoms with van der Waals surface area (Å²) >= 11 is 0. The van der Waals surface area contributed by atoms with Crippen LogP contribution in [-0.4, -0.2) is 34.9 Å². The first-order chi connectivity index (χ1) is 8.02. The number of cyclic esters (lactones) is 1. The molecule has 0 aliphatic carbocycles. The quantitative estimate of drug-likeness (QED) is 0.867. The van der Waals surface area contributed by atoms with E-state index >= 15 is 0 Å². The van der Waals surface area contributed by atoms with Gasteiger partial charge in [-0.25, -0.2) is 4.79 Å². The number of nitrogens with zero attached hydrogens (tertiary/aromatic N) is 1. The van der Waals surface area contributed by atoms with Crippen LogP contribution in [0, 0.1) is 6.92 Å². The fraction of sp³-hybridized carbons (Fsp3) is 0.462. The third-order valence-corrected chi connectivity index (χ3v) is 2.91. The van der Waals surface area contributed by atoms with Crippen molar-refractivity contribution in [2.24, 2.45) is 0 Å². The minimum absolute atomic E-state index is 0.150. The number of benzene rings is 1. The molecule has 0 aromatic heterocycles. The van der Waals surface area contributed by atoms with Crippen LogP contribution in [0.4, 0.5) is 4.79 Å². The monoisotopic (exact) mass is 235 g/mol. The molecule has 1 N–H and O–H groups in total. The lowest BCUT2D eigenvalue weighted by Gasteiger charge is -2.18. The molecule has 1 unspecified atom stereocenters. The standard InChI is InChI=1S/C13H17NO3/c1-10-4-3-5-11(6-10)7-14-8-13(2,9-15)17-12(14)16/h3-6,15H,7-9H2,1-2H3. The van der Waals surface area contributed by atoms with E-state index in [0.717, 1.165) is 5.56 Å². The molecule has 92 valence electrons. The topological polar surface area (TPSA) is 49.8 Å². The van der Waals surface area contributed by atoms with Gasteiger partial charge in [-0.15, -0.1) is 0 Å². The molecule has 4 heteroatoms. The smallest absolute Gasteiger partial charge is 0.410 e. The third-order valence-electron chi connectivity index (χ3n) is 2.91. The van der Waals surface area contributed by atoms with Gasteiger partial charge in [-0.05, 0) is 19.4 Å². The molecule has 1 aromatic rings. The normalized spacial score (nSPS) is 23.9. The maximum Gasteiger partial charge on any atom is 0.410 e. The predicted molar refractivity (Wildman–Crippen MR) is 63.6 cm³/mol. The van der Waals surface area contributed by atoms with Gasteiger partial charge >= 0.3 is 6.09 Å². The van der Waals surface area contributed by atoms with Gasteiger partial charge in [0.25, 0.3) is 0 Å². The fourth-order valence-corrected chi connectivity index (χ4v) is 2.01. The van der Waals surface area contributed by atoms with E-state index in [4.69, 9.17) is 9.84 Å². The highest BCUT2D eigenvalue weighted by Gasteiger charge is 2.40. The van der Waals surface area contributed by atoms with Crippen LogP contribution in [0.2, 0.25) is 0 Å². The number of hydrogen-bond acceptors (Lipinski definition) is 3. The lowest BCUT2D eigenvalue weighted by Crippen LogP contribution is -2.34. The summed E-state index contributed by atoms with van der Waals surface area (Å²) in [6.45, 7) is 4.56. The molecule has 4 nitrogen and oxygen atoms in total. The first-order valence-electron chi connectivity index (χ1n) is 5.67. The van der Waals surface area contributed by atoms with Gasteiger partial charge in [0.15, 0.2) is 5.60 Å². The summed E-state index contributed by atoms with van der Waals surface area (Å²) in [6.07, 6.45) is -0.358. The minimum atomic E-state index is -0.763. The Bertz CT molecular complexity index is 432. The van der Waals surface area contributed by atoms with E-state index in [-0.39, 0.29) is 12.7 Å². The van der Waals surface area contributed by atoms with E-state index in [0.29, 0.717) is 13.1 Å². The summed E-state index contributed by atoms with van der Waals surface area (Å²) in [5.41, 5.74) is 1.48. The zero-order valence-corrected chi connectivity index (χ0v) is 10.1. The van der Waals surface area contributed by atoms with Crippen LogP contribution in [0.15, 0.2) is 24.3 Å². The zero-order valence-electron chi connectivity index (χ0n) is 10.1. The summed E-state index contributed by atoms with van der Waals surface area (Å²) in [5, 5.41) is 9.17. The molecule has 0 spiro atoms. The lowest BCUT2D eigenvalue weighted by atomic mass is 10.1. The SMILES string of the molecule is Cc1cccc(CN2CC(C)(CO)OC2=O)c1. The van der Waals surface area contributed by atoms with Crippen molar-refractivity contribution in [3.05, 3.63) is 35.4 Å². The van der Waals surface area contributed by atoms with E-state index in [9.17, 15) is 4.79 Å². The zero-order chi connectivity index (χ0) is 12.5. The molecule has 1 aromatic carbocycles. The van der Waals surface area contributed by atoms with Gasteiger partial charge in [-0.1, -0.05) is 29.8 Å². The summed E-state index contributed by atoms with van der Waals surface area (Å²) in [6, 6.07) is 8.01. The Morgan fingerprint density at radius 3 is 2.88 bits per heavy atom. The number of rotatable bonds is 3. The van der Waals surface area contributed by atoms with Gasteiger partial charge in [-0.2, -0.15) is 0 Å². The number of carbonyl (C=O) groups is 1. The van der Waals surface area contributed by atoms with Gasteiger partial charge in [0.05, 0.1) is 13.2 Å². The second-order valence-electron chi connectivity index (χ2n) is 4.82. The van der Waals surface area contributed by atoms with Crippen molar-refractivity contribution < 1.29 is 14.6 Å². The molecule has 1 aliphatic rings. The molecular formula is C13H17NO3. The highest BCUT2D eigenvalue weighted by molar-refractivity contribution is 5.70. The van der Waals surface area contributed by atoms with Gasteiger partial charge < -0.3 is 9.84 Å². The van der Waals surface area contributed by atoms with Crippen LogP contribution in [0.3, 0.4) is 0 Å². The van der Waals surface area contributed by atoms with E-state index < -0.39 is 5.60 Å². The Morgan fingerprint density at radius 2 is 2.29 bits per heavy atom. The molecule has 1 amide bonds. The molecule has 2 rings (SSSR count). The highest BCUT2D eigenvalue weighted by Crippen LogP contribution is 2.23. The van der Waals surface area contributed by atoms with Crippen molar-refractivity contribution in [2.45, 2.75) is 26.0 Å². The number of aliphatic hydroxyl groups excluding tert-OH is 1. The molecule has 17 heavy (non-hydrogen) atoms. The first kappa shape index (κ1) is 11.9.